The minimum atomic E-state index is -0.00825. The van der Waals surface area contributed by atoms with Gasteiger partial charge in [0.25, 0.3) is 0 Å². The lowest BCUT2D eigenvalue weighted by Gasteiger charge is -2.35. The Morgan fingerprint density at radius 2 is 2.07 bits per heavy atom. The average Bonchev–Trinajstić information content (AvgIpc) is 3.64. The van der Waals surface area contributed by atoms with E-state index in [9.17, 15) is 4.79 Å². The van der Waals surface area contributed by atoms with Gasteiger partial charge in [0.15, 0.2) is 0 Å². The normalized spacial score (nSPS) is 26.3. The number of hydrogen-bond acceptors (Lipinski definition) is 6. The van der Waals surface area contributed by atoms with Crippen molar-refractivity contribution in [1.82, 2.24) is 15.2 Å². The van der Waals surface area contributed by atoms with Crippen LogP contribution < -0.4 is 10.1 Å². The molecule has 3 atom stereocenters. The number of pyridine rings is 1. The van der Waals surface area contributed by atoms with E-state index in [2.05, 4.69) is 16.3 Å². The van der Waals surface area contributed by atoms with Crippen molar-refractivity contribution in [3.8, 4) is 5.75 Å². The lowest BCUT2D eigenvalue weighted by atomic mass is 10.0. The number of aliphatic imine (C=N–C) groups is 1. The number of hydrogen-bond donors (Lipinski definition) is 1. The first-order valence-corrected chi connectivity index (χ1v) is 11.4. The minimum absolute atomic E-state index is 0.00825. The zero-order chi connectivity index (χ0) is 20.7. The van der Waals surface area contributed by atoms with Crippen molar-refractivity contribution in [3.05, 3.63) is 18.0 Å². The first kappa shape index (κ1) is 19.8. The first-order valence-electron chi connectivity index (χ1n) is 11.4. The van der Waals surface area contributed by atoms with E-state index < -0.39 is 0 Å². The summed E-state index contributed by atoms with van der Waals surface area (Å²) in [7, 11) is 0. The van der Waals surface area contributed by atoms with Crippen molar-refractivity contribution >= 4 is 17.4 Å². The van der Waals surface area contributed by atoms with Crippen LogP contribution in [0.1, 0.15) is 57.6 Å². The number of fused-ring (bicyclic) bond motifs is 3. The van der Waals surface area contributed by atoms with Crippen molar-refractivity contribution in [2.45, 2.75) is 64.0 Å². The number of amidine groups is 1. The SMILES string of the molecule is CC(=O)N[C@@H](C)COC1CCN(C2=Nc3cc(OCC4CC4)cnc3C3CC23)CC1. The summed E-state index contributed by atoms with van der Waals surface area (Å²) in [6.45, 7) is 6.84. The van der Waals surface area contributed by atoms with E-state index in [0.29, 0.717) is 18.4 Å². The van der Waals surface area contributed by atoms with Crippen LogP contribution in [0.2, 0.25) is 0 Å². The first-order chi connectivity index (χ1) is 14.6. The summed E-state index contributed by atoms with van der Waals surface area (Å²) in [5.74, 6) is 3.86. The molecule has 4 aliphatic rings. The molecule has 0 spiro atoms. The van der Waals surface area contributed by atoms with Gasteiger partial charge in [-0.25, -0.2) is 4.99 Å². The lowest BCUT2D eigenvalue weighted by molar-refractivity contribution is -0.120. The quantitative estimate of drug-likeness (QED) is 0.745. The third-order valence-corrected chi connectivity index (χ3v) is 6.56. The van der Waals surface area contributed by atoms with Crippen LogP contribution in [-0.4, -0.2) is 60.1 Å². The Bertz CT molecular complexity index is 830. The number of rotatable bonds is 7. The molecule has 2 unspecified atom stereocenters. The van der Waals surface area contributed by atoms with Gasteiger partial charge in [-0.3, -0.25) is 9.78 Å². The van der Waals surface area contributed by atoms with Gasteiger partial charge in [0.1, 0.15) is 11.6 Å². The standard InChI is InChI=1S/C23H32N4O3/c1-14(25-15(2)28)12-29-17-5-7-27(8-6-17)23-20-10-19(20)22-21(26-23)9-18(11-24-22)30-13-16-3-4-16/h9,11,14,16-17,19-20H,3-8,10,12-13H2,1-2H3,(H,25,28)/t14-,19?,20?/m0/s1. The maximum absolute atomic E-state index is 11.1. The third-order valence-electron chi connectivity index (χ3n) is 6.56. The molecule has 1 aromatic rings. The molecule has 3 heterocycles. The molecule has 1 amide bonds. The molecule has 1 saturated heterocycles. The molecule has 0 radical (unpaired) electrons. The topological polar surface area (TPSA) is 76.0 Å². The number of aromatic nitrogens is 1. The van der Waals surface area contributed by atoms with Crippen LogP contribution in [0.5, 0.6) is 5.75 Å². The van der Waals surface area contributed by atoms with Gasteiger partial charge in [0.05, 0.1) is 36.9 Å². The minimum Gasteiger partial charge on any atom is -0.492 e. The second-order valence-electron chi connectivity index (χ2n) is 9.37. The van der Waals surface area contributed by atoms with E-state index in [0.717, 1.165) is 62.0 Å². The lowest BCUT2D eigenvalue weighted by Crippen LogP contribution is -2.43. The number of carbonyl (C=O) groups is 1. The average molecular weight is 413 g/mol. The molecule has 1 aromatic heterocycles. The van der Waals surface area contributed by atoms with E-state index in [4.69, 9.17) is 19.5 Å². The van der Waals surface area contributed by atoms with Gasteiger partial charge < -0.3 is 19.7 Å². The summed E-state index contributed by atoms with van der Waals surface area (Å²) in [5, 5.41) is 2.88. The summed E-state index contributed by atoms with van der Waals surface area (Å²) >= 11 is 0. The second-order valence-corrected chi connectivity index (χ2v) is 9.37. The highest BCUT2D eigenvalue weighted by molar-refractivity contribution is 5.93. The van der Waals surface area contributed by atoms with E-state index in [1.54, 1.807) is 6.92 Å². The molecular weight excluding hydrogens is 380 g/mol. The van der Waals surface area contributed by atoms with Crippen molar-refractivity contribution in [2.24, 2.45) is 16.8 Å². The van der Waals surface area contributed by atoms with Gasteiger partial charge in [-0.2, -0.15) is 0 Å². The molecule has 2 saturated carbocycles. The maximum Gasteiger partial charge on any atom is 0.217 e. The van der Waals surface area contributed by atoms with Crippen molar-refractivity contribution in [2.75, 3.05) is 26.3 Å². The summed E-state index contributed by atoms with van der Waals surface area (Å²) in [6.07, 6.45) is 7.87. The largest absolute Gasteiger partial charge is 0.492 e. The highest BCUT2D eigenvalue weighted by atomic mass is 16.5. The zero-order valence-electron chi connectivity index (χ0n) is 18.0. The van der Waals surface area contributed by atoms with E-state index in [-0.39, 0.29) is 18.1 Å². The number of nitrogens with one attached hydrogen (secondary N) is 1. The fraction of sp³-hybridized carbons (Fsp3) is 0.696. The summed E-state index contributed by atoms with van der Waals surface area (Å²) in [4.78, 5) is 23.3. The van der Waals surface area contributed by atoms with Gasteiger partial charge in [-0.15, -0.1) is 0 Å². The van der Waals surface area contributed by atoms with Crippen LogP contribution in [0.3, 0.4) is 0 Å². The van der Waals surface area contributed by atoms with Gasteiger partial charge in [-0.1, -0.05) is 0 Å². The molecule has 2 aliphatic carbocycles. The van der Waals surface area contributed by atoms with Crippen LogP contribution >= 0.6 is 0 Å². The molecule has 1 N–H and O–H groups in total. The number of amides is 1. The van der Waals surface area contributed by atoms with Crippen molar-refractivity contribution < 1.29 is 14.3 Å². The molecule has 7 heteroatoms. The van der Waals surface area contributed by atoms with Crippen LogP contribution in [-0.2, 0) is 9.53 Å². The smallest absolute Gasteiger partial charge is 0.217 e. The van der Waals surface area contributed by atoms with Crippen LogP contribution in [0.15, 0.2) is 17.3 Å². The number of likely N-dealkylation sites (tertiary alicyclic amines) is 1. The Kier molecular flexibility index (Phi) is 5.39. The fourth-order valence-electron chi connectivity index (χ4n) is 4.61. The van der Waals surface area contributed by atoms with E-state index >= 15 is 0 Å². The highest BCUT2D eigenvalue weighted by Crippen LogP contribution is 2.54. The van der Waals surface area contributed by atoms with E-state index in [1.807, 2.05) is 13.1 Å². The van der Waals surface area contributed by atoms with Crippen LogP contribution in [0.25, 0.3) is 0 Å². The Hall–Kier alpha value is -2.15. The monoisotopic (exact) mass is 412 g/mol. The molecular formula is C23H32N4O3. The molecule has 0 bridgehead atoms. The summed E-state index contributed by atoms with van der Waals surface area (Å²) in [6, 6.07) is 2.13. The van der Waals surface area contributed by atoms with Crippen LogP contribution in [0.4, 0.5) is 5.69 Å². The van der Waals surface area contributed by atoms with E-state index in [1.165, 1.54) is 18.7 Å². The molecule has 7 nitrogen and oxygen atoms in total. The fourth-order valence-corrected chi connectivity index (χ4v) is 4.61. The zero-order valence-corrected chi connectivity index (χ0v) is 18.0. The van der Waals surface area contributed by atoms with Gasteiger partial charge in [0, 0.05) is 44.0 Å². The Balaban J connectivity index is 1.18. The number of ether oxygens (including phenoxy) is 2. The molecule has 30 heavy (non-hydrogen) atoms. The molecule has 3 fully saturated rings. The second kappa shape index (κ2) is 8.17. The Morgan fingerprint density at radius 1 is 1.27 bits per heavy atom. The summed E-state index contributed by atoms with van der Waals surface area (Å²) in [5.41, 5.74) is 2.15. The predicted molar refractivity (Wildman–Crippen MR) is 114 cm³/mol. The van der Waals surface area contributed by atoms with Crippen molar-refractivity contribution in [1.29, 1.82) is 0 Å². The van der Waals surface area contributed by atoms with Crippen molar-refractivity contribution in [3.63, 3.8) is 0 Å². The summed E-state index contributed by atoms with van der Waals surface area (Å²) < 4.78 is 12.0. The Morgan fingerprint density at radius 3 is 2.80 bits per heavy atom. The third kappa shape index (κ3) is 4.46. The predicted octanol–water partition coefficient (Wildman–Crippen LogP) is 3.02. The molecule has 0 aromatic carbocycles. The number of piperidine rings is 1. The molecule has 5 rings (SSSR count). The van der Waals surface area contributed by atoms with Crippen LogP contribution in [0, 0.1) is 11.8 Å². The van der Waals surface area contributed by atoms with Gasteiger partial charge in [0.2, 0.25) is 5.91 Å². The van der Waals surface area contributed by atoms with Gasteiger partial charge in [-0.05, 0) is 44.9 Å². The molecule has 162 valence electrons. The highest BCUT2D eigenvalue weighted by Gasteiger charge is 2.49. The Labute approximate surface area is 178 Å². The molecule has 2 aliphatic heterocycles. The maximum atomic E-state index is 11.1. The van der Waals surface area contributed by atoms with Gasteiger partial charge >= 0.3 is 0 Å². The number of nitrogens with zero attached hydrogens (tertiary/aromatic N) is 3. The number of carbonyl (C=O) groups excluding carboxylic acids is 1.